The van der Waals surface area contributed by atoms with Crippen molar-refractivity contribution in [3.05, 3.63) is 107 Å². The fourth-order valence-corrected chi connectivity index (χ4v) is 3.60. The first-order valence-electron chi connectivity index (χ1n) is 10.1. The Morgan fingerprint density at radius 3 is 2.62 bits per heavy atom. The van der Waals surface area contributed by atoms with Crippen LogP contribution >= 0.6 is 0 Å². The van der Waals surface area contributed by atoms with Crippen LogP contribution in [0.3, 0.4) is 0 Å². The van der Waals surface area contributed by atoms with Crippen molar-refractivity contribution in [2.45, 2.75) is 13.0 Å². The fraction of sp³-hybridized carbons (Fsp3) is 0.0833. The molecule has 158 valence electrons. The van der Waals surface area contributed by atoms with Gasteiger partial charge in [-0.05, 0) is 83.1 Å². The standard InChI is InChI=1S/C24H19FN6O/c1-15-5-7-17(8-6-15)23(32)26-20-4-2-3-18(13-20)22-14-21(16-9-11-19(25)12-10-16)27-24-28-29-30-31(22)24/h2-14,22H,1H3,(H,26,32)(H,27,28,30)/t22-/m0/s1. The van der Waals surface area contributed by atoms with Gasteiger partial charge in [-0.25, -0.2) is 4.39 Å². The van der Waals surface area contributed by atoms with Crippen LogP contribution in [0.5, 0.6) is 0 Å². The first-order valence-corrected chi connectivity index (χ1v) is 10.1. The lowest BCUT2D eigenvalue weighted by Gasteiger charge is -2.24. The van der Waals surface area contributed by atoms with Crippen molar-refractivity contribution < 1.29 is 9.18 Å². The van der Waals surface area contributed by atoms with Crippen molar-refractivity contribution in [3.8, 4) is 0 Å². The van der Waals surface area contributed by atoms with E-state index in [9.17, 15) is 9.18 Å². The molecule has 1 aromatic heterocycles. The normalized spacial score (nSPS) is 14.8. The van der Waals surface area contributed by atoms with Gasteiger partial charge in [0.05, 0.1) is 0 Å². The van der Waals surface area contributed by atoms with Crippen molar-refractivity contribution in [1.82, 2.24) is 20.2 Å². The number of carbonyl (C=O) groups excluding carboxylic acids is 1. The lowest BCUT2D eigenvalue weighted by Crippen LogP contribution is -2.20. The predicted molar refractivity (Wildman–Crippen MR) is 120 cm³/mol. The number of nitrogens with zero attached hydrogens (tertiary/aromatic N) is 4. The number of carbonyl (C=O) groups is 1. The maximum atomic E-state index is 13.4. The highest BCUT2D eigenvalue weighted by Gasteiger charge is 2.24. The first-order chi connectivity index (χ1) is 15.6. The summed E-state index contributed by atoms with van der Waals surface area (Å²) < 4.78 is 15.0. The molecule has 1 amide bonds. The van der Waals surface area contributed by atoms with E-state index in [1.165, 1.54) is 12.1 Å². The molecule has 2 heterocycles. The molecule has 0 spiro atoms. The number of anilines is 2. The summed E-state index contributed by atoms with van der Waals surface area (Å²) in [7, 11) is 0. The quantitative estimate of drug-likeness (QED) is 0.504. The van der Waals surface area contributed by atoms with E-state index in [2.05, 4.69) is 26.2 Å². The topological polar surface area (TPSA) is 84.7 Å². The van der Waals surface area contributed by atoms with E-state index in [1.807, 2.05) is 49.4 Å². The van der Waals surface area contributed by atoms with Gasteiger partial charge in [0.1, 0.15) is 11.9 Å². The summed E-state index contributed by atoms with van der Waals surface area (Å²) in [6, 6.07) is 20.9. The van der Waals surface area contributed by atoms with Gasteiger partial charge in [0, 0.05) is 16.9 Å². The third kappa shape index (κ3) is 3.85. The Morgan fingerprint density at radius 1 is 1.06 bits per heavy atom. The molecule has 0 radical (unpaired) electrons. The van der Waals surface area contributed by atoms with Crippen molar-refractivity contribution in [1.29, 1.82) is 0 Å². The molecule has 0 saturated heterocycles. The van der Waals surface area contributed by atoms with Crippen molar-refractivity contribution in [2.24, 2.45) is 0 Å². The van der Waals surface area contributed by atoms with E-state index in [0.717, 1.165) is 22.4 Å². The van der Waals surface area contributed by atoms with Gasteiger partial charge in [0.25, 0.3) is 5.91 Å². The van der Waals surface area contributed by atoms with E-state index >= 15 is 0 Å². The first kappa shape index (κ1) is 19.6. The number of aryl methyl sites for hydroxylation is 1. The predicted octanol–water partition coefficient (Wildman–Crippen LogP) is 4.43. The number of halogens is 1. The molecule has 0 bridgehead atoms. The van der Waals surface area contributed by atoms with Crippen molar-refractivity contribution in [3.63, 3.8) is 0 Å². The fourth-order valence-electron chi connectivity index (χ4n) is 3.60. The van der Waals surface area contributed by atoms with E-state index in [4.69, 9.17) is 0 Å². The SMILES string of the molecule is Cc1ccc(C(=O)Nc2cccc([C@@H]3C=C(c4ccc(F)cc4)Nc4nnnn43)c2)cc1. The van der Waals surface area contributed by atoms with Crippen molar-refractivity contribution in [2.75, 3.05) is 10.6 Å². The van der Waals surface area contributed by atoms with Crippen LogP contribution in [-0.4, -0.2) is 26.1 Å². The molecule has 0 fully saturated rings. The van der Waals surface area contributed by atoms with Crippen LogP contribution < -0.4 is 10.6 Å². The number of aromatic nitrogens is 4. The molecule has 8 heteroatoms. The summed E-state index contributed by atoms with van der Waals surface area (Å²) in [6.07, 6.45) is 1.97. The lowest BCUT2D eigenvalue weighted by molar-refractivity contribution is 0.102. The molecule has 1 aliphatic rings. The Balaban J connectivity index is 1.46. The average Bonchev–Trinajstić information content (AvgIpc) is 3.28. The highest BCUT2D eigenvalue weighted by atomic mass is 19.1. The number of rotatable bonds is 4. The van der Waals surface area contributed by atoms with Gasteiger partial charge in [-0.15, -0.1) is 0 Å². The van der Waals surface area contributed by atoms with E-state index in [-0.39, 0.29) is 17.8 Å². The smallest absolute Gasteiger partial charge is 0.255 e. The van der Waals surface area contributed by atoms with E-state index < -0.39 is 0 Å². The van der Waals surface area contributed by atoms with Crippen molar-refractivity contribution >= 4 is 23.2 Å². The highest BCUT2D eigenvalue weighted by Crippen LogP contribution is 2.32. The summed E-state index contributed by atoms with van der Waals surface area (Å²) in [6.45, 7) is 1.98. The maximum Gasteiger partial charge on any atom is 0.255 e. The van der Waals surface area contributed by atoms with E-state index in [0.29, 0.717) is 17.2 Å². The number of allylic oxidation sites excluding steroid dienone is 1. The Bertz CT molecular complexity index is 1310. The highest BCUT2D eigenvalue weighted by molar-refractivity contribution is 6.04. The van der Waals surface area contributed by atoms with Gasteiger partial charge in [-0.2, -0.15) is 4.68 Å². The zero-order chi connectivity index (χ0) is 22.1. The molecule has 7 nitrogen and oxygen atoms in total. The van der Waals surface area contributed by atoms with Crippen LogP contribution in [0.4, 0.5) is 16.0 Å². The molecule has 1 aliphatic heterocycles. The zero-order valence-electron chi connectivity index (χ0n) is 17.2. The Morgan fingerprint density at radius 2 is 1.84 bits per heavy atom. The second kappa shape index (κ2) is 8.07. The van der Waals surface area contributed by atoms with Gasteiger partial charge in [-0.1, -0.05) is 34.9 Å². The van der Waals surface area contributed by atoms with Crippen LogP contribution in [0.2, 0.25) is 0 Å². The summed E-state index contributed by atoms with van der Waals surface area (Å²) in [5.74, 6) is -0.00685. The minimum absolute atomic E-state index is 0.182. The van der Waals surface area contributed by atoms with Gasteiger partial charge in [-0.3, -0.25) is 4.79 Å². The second-order valence-corrected chi connectivity index (χ2v) is 7.55. The molecule has 5 rings (SSSR count). The number of fused-ring (bicyclic) bond motifs is 1. The molecule has 1 atom stereocenters. The van der Waals surface area contributed by atoms with Crippen LogP contribution in [0.25, 0.3) is 5.70 Å². The number of tetrazole rings is 1. The molecule has 32 heavy (non-hydrogen) atoms. The Hall–Kier alpha value is -4.33. The van der Waals surface area contributed by atoms with Gasteiger partial charge in [0.2, 0.25) is 5.95 Å². The van der Waals surface area contributed by atoms with Gasteiger partial charge >= 0.3 is 0 Å². The molecule has 0 aliphatic carbocycles. The monoisotopic (exact) mass is 426 g/mol. The van der Waals surface area contributed by atoms with Gasteiger partial charge < -0.3 is 10.6 Å². The molecular weight excluding hydrogens is 407 g/mol. The number of hydrogen-bond donors (Lipinski definition) is 2. The van der Waals surface area contributed by atoms with E-state index in [1.54, 1.807) is 28.9 Å². The molecule has 0 unspecified atom stereocenters. The number of nitrogens with one attached hydrogen (secondary N) is 2. The molecular formula is C24H19FN6O. The molecule has 0 saturated carbocycles. The summed E-state index contributed by atoms with van der Waals surface area (Å²) >= 11 is 0. The van der Waals surface area contributed by atoms with Gasteiger partial charge in [0.15, 0.2) is 0 Å². The Kier molecular flexibility index (Phi) is 4.95. The zero-order valence-corrected chi connectivity index (χ0v) is 17.2. The van der Waals surface area contributed by atoms with Crippen LogP contribution in [0.15, 0.2) is 78.9 Å². The molecule has 3 aromatic carbocycles. The summed E-state index contributed by atoms with van der Waals surface area (Å²) in [5.41, 5.74) is 4.82. The third-order valence-corrected chi connectivity index (χ3v) is 5.28. The third-order valence-electron chi connectivity index (χ3n) is 5.28. The van der Waals surface area contributed by atoms with Crippen LogP contribution in [-0.2, 0) is 0 Å². The molecule has 2 N–H and O–H groups in total. The van der Waals surface area contributed by atoms with Crippen LogP contribution in [0.1, 0.15) is 33.1 Å². The average molecular weight is 426 g/mol. The van der Waals surface area contributed by atoms with Crippen LogP contribution in [0, 0.1) is 12.7 Å². The second-order valence-electron chi connectivity index (χ2n) is 7.55. The summed E-state index contributed by atoms with van der Waals surface area (Å²) in [4.78, 5) is 12.6. The molecule has 4 aromatic rings. The minimum atomic E-state index is -0.308. The minimum Gasteiger partial charge on any atom is -0.323 e. The number of amides is 1. The lowest BCUT2D eigenvalue weighted by atomic mass is 10.0. The largest absolute Gasteiger partial charge is 0.323 e. The summed E-state index contributed by atoms with van der Waals surface area (Å²) in [5, 5.41) is 18.1. The maximum absolute atomic E-state index is 13.4. The number of benzene rings is 3. The Labute approximate surface area is 183 Å². The number of hydrogen-bond acceptors (Lipinski definition) is 5.